The molecule has 0 unspecified atom stereocenters. The molecule has 0 amide bonds. The molecule has 0 aliphatic heterocycles. The number of nitrogens with zero attached hydrogens (tertiary/aromatic N) is 1. The first-order valence-corrected chi connectivity index (χ1v) is 5.19. The fourth-order valence-corrected chi connectivity index (χ4v) is 1.33. The van der Waals surface area contributed by atoms with Gasteiger partial charge in [0.1, 0.15) is 11.5 Å². The molecule has 1 N–H and O–H groups in total. The zero-order valence-corrected chi connectivity index (χ0v) is 10.5. The molecule has 98 valence electrons. The highest BCUT2D eigenvalue weighted by molar-refractivity contribution is 6.01. The molecule has 0 saturated heterocycles. The predicted molar refractivity (Wildman–Crippen MR) is 65.3 cm³/mol. The van der Waals surface area contributed by atoms with E-state index in [2.05, 4.69) is 9.99 Å². The van der Waals surface area contributed by atoms with Crippen LogP contribution in [0.25, 0.3) is 0 Å². The second-order valence-electron chi connectivity index (χ2n) is 3.41. The highest BCUT2D eigenvalue weighted by Gasteiger charge is 2.09. The van der Waals surface area contributed by atoms with Crippen molar-refractivity contribution in [1.29, 1.82) is 0 Å². The third-order valence-corrected chi connectivity index (χ3v) is 2.19. The molecule has 0 saturated carbocycles. The van der Waals surface area contributed by atoms with Crippen molar-refractivity contribution in [3.63, 3.8) is 0 Å². The van der Waals surface area contributed by atoms with E-state index in [4.69, 9.17) is 14.6 Å². The molecule has 6 nitrogen and oxygen atoms in total. The molecule has 0 spiro atoms. The number of benzene rings is 1. The number of carbonyl (C=O) groups is 1. The lowest BCUT2D eigenvalue weighted by Crippen LogP contribution is -2.06. The number of methoxy groups -OCH3 is 2. The summed E-state index contributed by atoms with van der Waals surface area (Å²) in [6.07, 6.45) is 0. The number of hydrogen-bond acceptors (Lipinski definition) is 5. The Morgan fingerprint density at radius 2 is 2.06 bits per heavy atom. The van der Waals surface area contributed by atoms with Crippen LogP contribution in [0.15, 0.2) is 23.4 Å². The van der Waals surface area contributed by atoms with Crippen molar-refractivity contribution in [3.05, 3.63) is 23.8 Å². The summed E-state index contributed by atoms with van der Waals surface area (Å²) in [6, 6.07) is 5.24. The minimum atomic E-state index is -1.08. The SMILES string of the molecule is COc1ccc(OC)c(C(C)=NOCC(=O)O)c1. The summed E-state index contributed by atoms with van der Waals surface area (Å²) in [7, 11) is 3.09. The highest BCUT2D eigenvalue weighted by atomic mass is 16.6. The van der Waals surface area contributed by atoms with Crippen LogP contribution >= 0.6 is 0 Å². The number of carboxylic acids is 1. The molecule has 0 heterocycles. The Morgan fingerprint density at radius 3 is 2.61 bits per heavy atom. The van der Waals surface area contributed by atoms with Gasteiger partial charge >= 0.3 is 5.97 Å². The van der Waals surface area contributed by atoms with E-state index in [-0.39, 0.29) is 0 Å². The predicted octanol–water partition coefficient (Wildman–Crippen LogP) is 1.53. The van der Waals surface area contributed by atoms with E-state index in [0.717, 1.165) is 0 Å². The average molecular weight is 253 g/mol. The van der Waals surface area contributed by atoms with Crippen molar-refractivity contribution in [2.75, 3.05) is 20.8 Å². The molecule has 0 atom stereocenters. The summed E-state index contributed by atoms with van der Waals surface area (Å²) in [5.74, 6) is 0.179. The molecular formula is C12H15NO5. The lowest BCUT2D eigenvalue weighted by molar-refractivity contribution is -0.142. The summed E-state index contributed by atoms with van der Waals surface area (Å²) in [6.45, 7) is 1.21. The first kappa shape index (κ1) is 13.8. The molecule has 1 aromatic carbocycles. The van der Waals surface area contributed by atoms with Crippen LogP contribution in [0, 0.1) is 0 Å². The zero-order chi connectivity index (χ0) is 13.5. The maximum absolute atomic E-state index is 10.3. The summed E-state index contributed by atoms with van der Waals surface area (Å²) < 4.78 is 10.3. The Morgan fingerprint density at radius 1 is 1.33 bits per heavy atom. The van der Waals surface area contributed by atoms with Gasteiger partial charge in [-0.3, -0.25) is 0 Å². The number of ether oxygens (including phenoxy) is 2. The molecule has 0 radical (unpaired) electrons. The van der Waals surface area contributed by atoms with Gasteiger partial charge in [-0.15, -0.1) is 0 Å². The smallest absolute Gasteiger partial charge is 0.344 e. The van der Waals surface area contributed by atoms with Crippen molar-refractivity contribution in [1.82, 2.24) is 0 Å². The Bertz CT molecular complexity index is 456. The van der Waals surface area contributed by atoms with Crippen LogP contribution in [-0.4, -0.2) is 37.6 Å². The number of carboxylic acid groups (broad SMARTS) is 1. The van der Waals surface area contributed by atoms with Gasteiger partial charge < -0.3 is 19.4 Å². The first-order chi connectivity index (χ1) is 8.58. The fraction of sp³-hybridized carbons (Fsp3) is 0.333. The van der Waals surface area contributed by atoms with Gasteiger partial charge in [0.05, 0.1) is 19.9 Å². The lowest BCUT2D eigenvalue weighted by Gasteiger charge is -2.09. The molecule has 6 heteroatoms. The normalized spacial score (nSPS) is 10.9. The van der Waals surface area contributed by atoms with Crippen LogP contribution in [0.5, 0.6) is 11.5 Å². The fourth-order valence-electron chi connectivity index (χ4n) is 1.33. The molecule has 18 heavy (non-hydrogen) atoms. The molecular weight excluding hydrogens is 238 g/mol. The molecule has 0 aromatic heterocycles. The quantitative estimate of drug-likeness (QED) is 0.614. The van der Waals surface area contributed by atoms with Gasteiger partial charge in [-0.2, -0.15) is 0 Å². The molecule has 0 aliphatic rings. The maximum atomic E-state index is 10.3. The summed E-state index contributed by atoms with van der Waals surface area (Å²) in [5, 5.41) is 12.2. The Labute approximate surface area is 105 Å². The van der Waals surface area contributed by atoms with Gasteiger partial charge in [-0.05, 0) is 25.1 Å². The second kappa shape index (κ2) is 6.48. The highest BCUT2D eigenvalue weighted by Crippen LogP contribution is 2.24. The van der Waals surface area contributed by atoms with Crippen LogP contribution in [-0.2, 0) is 9.63 Å². The minimum absolute atomic E-state index is 0.483. The molecule has 0 aliphatic carbocycles. The Balaban J connectivity index is 2.94. The van der Waals surface area contributed by atoms with Gasteiger partial charge in [0.15, 0.2) is 0 Å². The number of rotatable bonds is 6. The molecule has 0 bridgehead atoms. The standard InChI is InChI=1S/C12H15NO5/c1-8(13-18-7-12(14)15)10-6-9(16-2)4-5-11(10)17-3/h4-6H,7H2,1-3H3,(H,14,15). The second-order valence-corrected chi connectivity index (χ2v) is 3.41. The summed E-state index contributed by atoms with van der Waals surface area (Å²) in [5.41, 5.74) is 1.19. The number of hydrogen-bond donors (Lipinski definition) is 1. The van der Waals surface area contributed by atoms with Crippen LogP contribution in [0.2, 0.25) is 0 Å². The monoisotopic (exact) mass is 253 g/mol. The van der Waals surface area contributed by atoms with Gasteiger partial charge in [0.2, 0.25) is 6.61 Å². The largest absolute Gasteiger partial charge is 0.497 e. The van der Waals surface area contributed by atoms with Crippen LogP contribution in [0.1, 0.15) is 12.5 Å². The van der Waals surface area contributed by atoms with E-state index < -0.39 is 12.6 Å². The summed E-state index contributed by atoms with van der Waals surface area (Å²) >= 11 is 0. The van der Waals surface area contributed by atoms with Gasteiger partial charge in [0.25, 0.3) is 0 Å². The number of aliphatic carboxylic acids is 1. The van der Waals surface area contributed by atoms with Gasteiger partial charge in [-0.25, -0.2) is 4.79 Å². The van der Waals surface area contributed by atoms with E-state index in [1.165, 1.54) is 7.11 Å². The van der Waals surface area contributed by atoms with Crippen LogP contribution < -0.4 is 9.47 Å². The number of oxime groups is 1. The van der Waals surface area contributed by atoms with E-state index in [1.807, 2.05) is 0 Å². The maximum Gasteiger partial charge on any atom is 0.344 e. The van der Waals surface area contributed by atoms with Crippen molar-refractivity contribution in [2.45, 2.75) is 6.92 Å². The van der Waals surface area contributed by atoms with Crippen molar-refractivity contribution >= 4 is 11.7 Å². The van der Waals surface area contributed by atoms with Crippen molar-refractivity contribution in [2.24, 2.45) is 5.16 Å². The van der Waals surface area contributed by atoms with E-state index in [1.54, 1.807) is 32.2 Å². The molecule has 1 rings (SSSR count). The van der Waals surface area contributed by atoms with Crippen molar-refractivity contribution < 1.29 is 24.2 Å². The van der Waals surface area contributed by atoms with E-state index >= 15 is 0 Å². The van der Waals surface area contributed by atoms with Crippen LogP contribution in [0.3, 0.4) is 0 Å². The van der Waals surface area contributed by atoms with Crippen molar-refractivity contribution in [3.8, 4) is 11.5 Å². The van der Waals surface area contributed by atoms with E-state index in [0.29, 0.717) is 22.8 Å². The molecule has 0 fully saturated rings. The first-order valence-electron chi connectivity index (χ1n) is 5.19. The van der Waals surface area contributed by atoms with Crippen LogP contribution in [0.4, 0.5) is 0 Å². The third-order valence-electron chi connectivity index (χ3n) is 2.19. The lowest BCUT2D eigenvalue weighted by atomic mass is 10.1. The Kier molecular flexibility index (Phi) is 4.98. The average Bonchev–Trinajstić information content (AvgIpc) is 2.37. The minimum Gasteiger partial charge on any atom is -0.497 e. The van der Waals surface area contributed by atoms with E-state index in [9.17, 15) is 4.79 Å². The molecule has 1 aromatic rings. The third kappa shape index (κ3) is 3.65. The Hall–Kier alpha value is -2.24. The summed E-state index contributed by atoms with van der Waals surface area (Å²) in [4.78, 5) is 15.0. The zero-order valence-electron chi connectivity index (χ0n) is 10.5. The van der Waals surface area contributed by atoms with Gasteiger partial charge in [0, 0.05) is 5.56 Å². The van der Waals surface area contributed by atoms with Gasteiger partial charge in [-0.1, -0.05) is 5.16 Å². The topological polar surface area (TPSA) is 77.3 Å².